The Morgan fingerprint density at radius 1 is 1.43 bits per heavy atom. The van der Waals surface area contributed by atoms with Crippen molar-refractivity contribution in [2.45, 2.75) is 33.2 Å². The fourth-order valence-corrected chi connectivity index (χ4v) is 4.27. The molecule has 3 rings (SSSR count). The van der Waals surface area contributed by atoms with E-state index in [4.69, 9.17) is 9.47 Å². The molecule has 0 unspecified atom stereocenters. The van der Waals surface area contributed by atoms with Crippen LogP contribution in [0.15, 0.2) is 25.0 Å². The van der Waals surface area contributed by atoms with E-state index in [0.29, 0.717) is 35.4 Å². The number of methoxy groups -OCH3 is 1. The second-order valence-electron chi connectivity index (χ2n) is 6.90. The Morgan fingerprint density at radius 2 is 2.20 bits per heavy atom. The van der Waals surface area contributed by atoms with Crippen LogP contribution in [0.4, 0.5) is 5.13 Å². The van der Waals surface area contributed by atoms with Gasteiger partial charge in [-0.05, 0) is 13.3 Å². The Morgan fingerprint density at radius 3 is 2.87 bits per heavy atom. The molecular weight excluding hydrogens is 402 g/mol. The minimum absolute atomic E-state index is 0.235. The second-order valence-corrected chi connectivity index (χ2v) is 7.90. The summed E-state index contributed by atoms with van der Waals surface area (Å²) in [5.41, 5.74) is 2.18. The van der Waals surface area contributed by atoms with E-state index >= 15 is 0 Å². The van der Waals surface area contributed by atoms with E-state index in [-0.39, 0.29) is 5.91 Å². The first-order chi connectivity index (χ1) is 14.6. The average molecular weight is 432 g/mol. The Kier molecular flexibility index (Phi) is 7.64. The normalized spacial score (nSPS) is 14.6. The lowest BCUT2D eigenvalue weighted by atomic mass is 10.2. The molecule has 8 nitrogen and oxygen atoms in total. The van der Waals surface area contributed by atoms with Crippen LogP contribution in [0.25, 0.3) is 11.5 Å². The van der Waals surface area contributed by atoms with Crippen LogP contribution >= 0.6 is 11.3 Å². The van der Waals surface area contributed by atoms with Gasteiger partial charge in [-0.2, -0.15) is 5.10 Å². The van der Waals surface area contributed by atoms with E-state index in [1.54, 1.807) is 24.2 Å². The summed E-state index contributed by atoms with van der Waals surface area (Å²) in [4.78, 5) is 20.5. The highest BCUT2D eigenvalue weighted by atomic mass is 32.1. The summed E-state index contributed by atoms with van der Waals surface area (Å²) in [6.07, 6.45) is 7.49. The molecule has 0 aromatic carbocycles. The second kappa shape index (κ2) is 10.4. The molecule has 0 aliphatic carbocycles. The molecule has 1 N–H and O–H groups in total. The number of thiazole rings is 1. The van der Waals surface area contributed by atoms with Crippen molar-refractivity contribution in [2.24, 2.45) is 0 Å². The number of nitrogens with one attached hydrogen (secondary N) is 1. The Bertz CT molecular complexity index is 912. The zero-order valence-electron chi connectivity index (χ0n) is 17.8. The van der Waals surface area contributed by atoms with Crippen molar-refractivity contribution >= 4 is 33.8 Å². The van der Waals surface area contributed by atoms with Gasteiger partial charge in [-0.3, -0.25) is 14.8 Å². The maximum atomic E-state index is 12.7. The van der Waals surface area contributed by atoms with E-state index in [1.165, 1.54) is 11.3 Å². The summed E-state index contributed by atoms with van der Waals surface area (Å²) in [7, 11) is 1.57. The molecule has 1 aliphatic heterocycles. The summed E-state index contributed by atoms with van der Waals surface area (Å²) in [5, 5.41) is 7.66. The van der Waals surface area contributed by atoms with Crippen LogP contribution in [0.1, 0.15) is 47.6 Å². The number of anilines is 1. The van der Waals surface area contributed by atoms with E-state index in [9.17, 15) is 4.79 Å². The highest BCUT2D eigenvalue weighted by molar-refractivity contribution is 7.17. The van der Waals surface area contributed by atoms with Crippen LogP contribution in [0.3, 0.4) is 0 Å². The average Bonchev–Trinajstić information content (AvgIpc) is 3.40. The number of amides is 1. The topological polar surface area (TPSA) is 81.5 Å². The number of hydrogen-bond donors (Lipinski definition) is 1. The summed E-state index contributed by atoms with van der Waals surface area (Å²) < 4.78 is 12.6. The maximum absolute atomic E-state index is 12.7. The summed E-state index contributed by atoms with van der Waals surface area (Å²) in [5.74, 6) is 0.225. The van der Waals surface area contributed by atoms with Crippen molar-refractivity contribution < 1.29 is 14.3 Å². The lowest BCUT2D eigenvalue weighted by Crippen LogP contribution is -2.34. The van der Waals surface area contributed by atoms with Crippen molar-refractivity contribution in [2.75, 3.05) is 38.7 Å². The van der Waals surface area contributed by atoms with Gasteiger partial charge in [0.2, 0.25) is 0 Å². The lowest BCUT2D eigenvalue weighted by Gasteiger charge is -2.30. The summed E-state index contributed by atoms with van der Waals surface area (Å²) >= 11 is 1.41. The molecule has 1 saturated heterocycles. The van der Waals surface area contributed by atoms with Crippen LogP contribution in [-0.2, 0) is 16.0 Å². The number of hydrogen-bond acceptors (Lipinski definition) is 7. The first kappa shape index (κ1) is 22.0. The highest BCUT2D eigenvalue weighted by Crippen LogP contribution is 2.35. The smallest absolute Gasteiger partial charge is 0.260 e. The van der Waals surface area contributed by atoms with Gasteiger partial charge >= 0.3 is 0 Å². The molecule has 1 fully saturated rings. The van der Waals surface area contributed by atoms with Gasteiger partial charge in [0.25, 0.3) is 5.91 Å². The van der Waals surface area contributed by atoms with E-state index in [2.05, 4.69) is 39.9 Å². The van der Waals surface area contributed by atoms with Crippen molar-refractivity contribution in [3.63, 3.8) is 0 Å². The number of carbonyl (C=O) groups is 1. The monoisotopic (exact) mass is 431 g/mol. The van der Waals surface area contributed by atoms with Gasteiger partial charge in [-0.1, -0.05) is 37.3 Å². The fourth-order valence-electron chi connectivity index (χ4n) is 3.19. The van der Waals surface area contributed by atoms with Crippen LogP contribution in [0.2, 0.25) is 0 Å². The maximum Gasteiger partial charge on any atom is 0.260 e. The van der Waals surface area contributed by atoms with Crippen LogP contribution in [0.5, 0.6) is 0 Å². The molecular formula is C21H29N5O3S. The third kappa shape index (κ3) is 5.09. The third-order valence-electron chi connectivity index (χ3n) is 4.85. The molecule has 0 bridgehead atoms. The fraction of sp³-hybridized carbons (Fsp3) is 0.476. The number of allylic oxidation sites excluding steroid dienone is 1. The highest BCUT2D eigenvalue weighted by Gasteiger charge is 2.24. The molecule has 1 amide bonds. The van der Waals surface area contributed by atoms with Gasteiger partial charge in [-0.15, -0.1) is 0 Å². The van der Waals surface area contributed by atoms with Gasteiger partial charge in [-0.25, -0.2) is 4.98 Å². The van der Waals surface area contributed by atoms with E-state index < -0.39 is 0 Å². The first-order valence-corrected chi connectivity index (χ1v) is 11.0. The number of morpholine rings is 1. The van der Waals surface area contributed by atoms with Gasteiger partial charge in [0.05, 0.1) is 42.7 Å². The molecule has 0 spiro atoms. The Hall–Kier alpha value is -2.65. The van der Waals surface area contributed by atoms with Crippen molar-refractivity contribution in [3.05, 3.63) is 41.2 Å². The quantitative estimate of drug-likeness (QED) is 0.610. The van der Waals surface area contributed by atoms with Crippen molar-refractivity contribution in [3.8, 4) is 0 Å². The number of rotatable bonds is 9. The predicted octanol–water partition coefficient (Wildman–Crippen LogP) is 3.70. The number of unbranched alkanes of at least 4 members (excludes halogenated alkanes) is 1. The largest absolute Gasteiger partial charge is 0.495 e. The Labute approximate surface area is 181 Å². The predicted molar refractivity (Wildman–Crippen MR) is 119 cm³/mol. The Balaban J connectivity index is 1.82. The van der Waals surface area contributed by atoms with Gasteiger partial charge in [0, 0.05) is 25.8 Å². The van der Waals surface area contributed by atoms with Crippen LogP contribution < -0.4 is 5.32 Å². The standard InChI is InChI=1S/C21H29N5O3S/c1-5-7-8-26-14-16(13-22-26)20(27)24-21-23-18(15(3)28-4)19(30-21)17(6-2)25-9-11-29-12-10-25/h6,13-14H,3,5,7-12H2,1-2,4H3,(H,23,24,27)/b17-6+. The number of nitrogens with zero attached hydrogens (tertiary/aromatic N) is 4. The van der Waals surface area contributed by atoms with Gasteiger partial charge < -0.3 is 14.4 Å². The molecule has 0 radical (unpaired) electrons. The third-order valence-corrected chi connectivity index (χ3v) is 5.85. The van der Waals surface area contributed by atoms with E-state index in [0.717, 1.165) is 43.1 Å². The summed E-state index contributed by atoms with van der Waals surface area (Å²) in [6.45, 7) is 11.9. The van der Waals surface area contributed by atoms with Crippen molar-refractivity contribution in [1.29, 1.82) is 0 Å². The number of aromatic nitrogens is 3. The number of ether oxygens (including phenoxy) is 2. The SMILES string of the molecule is C=C(OC)c1nc(NC(=O)c2cnn(CCCC)c2)sc1/C(=C\C)N1CCOCC1. The molecule has 3 heterocycles. The first-order valence-electron chi connectivity index (χ1n) is 10.1. The minimum Gasteiger partial charge on any atom is -0.495 e. The molecule has 0 saturated carbocycles. The van der Waals surface area contributed by atoms with E-state index in [1.807, 2.05) is 6.92 Å². The molecule has 2 aromatic heterocycles. The molecule has 2 aromatic rings. The molecule has 1 aliphatic rings. The van der Waals surface area contributed by atoms with Crippen LogP contribution in [0, 0.1) is 0 Å². The molecule has 0 atom stereocenters. The van der Waals surface area contributed by atoms with Gasteiger partial charge in [0.1, 0.15) is 11.5 Å². The molecule has 162 valence electrons. The molecule has 9 heteroatoms. The van der Waals surface area contributed by atoms with Gasteiger partial charge in [0.15, 0.2) is 5.13 Å². The minimum atomic E-state index is -0.235. The van der Waals surface area contributed by atoms with Crippen molar-refractivity contribution in [1.82, 2.24) is 19.7 Å². The zero-order chi connectivity index (χ0) is 21.5. The molecule has 30 heavy (non-hydrogen) atoms. The number of aryl methyl sites for hydroxylation is 1. The van der Waals surface area contributed by atoms with Crippen LogP contribution in [-0.4, -0.2) is 59.0 Å². The number of carbonyl (C=O) groups excluding carboxylic acids is 1. The lowest BCUT2D eigenvalue weighted by molar-refractivity contribution is 0.0640. The summed E-state index contributed by atoms with van der Waals surface area (Å²) in [6, 6.07) is 0. The zero-order valence-corrected chi connectivity index (χ0v) is 18.6.